The minimum absolute atomic E-state index is 0.0659. The van der Waals surface area contributed by atoms with Gasteiger partial charge in [-0.2, -0.15) is 5.10 Å². The molecule has 2 aromatic heterocycles. The van der Waals surface area contributed by atoms with Crippen molar-refractivity contribution in [1.82, 2.24) is 15.2 Å². The number of carboxylic acid groups (broad SMARTS) is 1. The van der Waals surface area contributed by atoms with Crippen LogP contribution in [0.1, 0.15) is 12.0 Å². The number of alkyl halides is 2. The van der Waals surface area contributed by atoms with Crippen molar-refractivity contribution in [2.75, 3.05) is 11.1 Å². The van der Waals surface area contributed by atoms with Crippen molar-refractivity contribution >= 4 is 28.6 Å². The fourth-order valence-corrected chi connectivity index (χ4v) is 3.13. The van der Waals surface area contributed by atoms with E-state index in [1.165, 1.54) is 18.3 Å². The Bertz CT molecular complexity index is 1210. The van der Waals surface area contributed by atoms with E-state index in [0.717, 1.165) is 11.1 Å². The van der Waals surface area contributed by atoms with Gasteiger partial charge >= 0.3 is 6.09 Å². The molecule has 0 saturated carbocycles. The number of rotatable bonds is 4. The molecule has 0 radical (unpaired) electrons. The molecule has 0 aliphatic rings. The summed E-state index contributed by atoms with van der Waals surface area (Å²) in [5, 5.41) is 18.7. The molecule has 0 atom stereocenters. The number of nitrogen functional groups attached to an aromatic ring is 1. The molecule has 4 rings (SSSR count). The highest BCUT2D eigenvalue weighted by Crippen LogP contribution is 2.36. The third-order valence-electron chi connectivity index (χ3n) is 4.50. The maximum atomic E-state index is 12.9. The minimum Gasteiger partial charge on any atom is -0.465 e. The van der Waals surface area contributed by atoms with Crippen LogP contribution in [0.4, 0.5) is 25.2 Å². The van der Waals surface area contributed by atoms with Gasteiger partial charge in [-0.15, -0.1) is 0 Å². The summed E-state index contributed by atoms with van der Waals surface area (Å²) in [7, 11) is 0. The average molecular weight is 395 g/mol. The van der Waals surface area contributed by atoms with E-state index in [1.54, 1.807) is 24.3 Å². The van der Waals surface area contributed by atoms with Crippen LogP contribution in [0.5, 0.6) is 0 Å². The second kappa shape index (κ2) is 7.19. The van der Waals surface area contributed by atoms with Gasteiger partial charge in [0.25, 0.3) is 6.43 Å². The number of carbonyl (C=O) groups is 1. The Balaban J connectivity index is 1.87. The maximum Gasteiger partial charge on any atom is 0.410 e. The van der Waals surface area contributed by atoms with Gasteiger partial charge in [0.2, 0.25) is 0 Å². The number of hydrogen-bond acceptors (Lipinski definition) is 4. The molecular formula is C20H15F2N5O2. The lowest BCUT2D eigenvalue weighted by molar-refractivity contribution is 0.151. The molecule has 0 spiro atoms. The van der Waals surface area contributed by atoms with Crippen molar-refractivity contribution < 1.29 is 18.7 Å². The van der Waals surface area contributed by atoms with Gasteiger partial charge in [0.1, 0.15) is 5.82 Å². The first-order valence-electron chi connectivity index (χ1n) is 8.55. The van der Waals surface area contributed by atoms with E-state index in [0.29, 0.717) is 27.8 Å². The summed E-state index contributed by atoms with van der Waals surface area (Å²) in [5.41, 5.74) is 9.48. The molecule has 7 nitrogen and oxygen atoms in total. The Morgan fingerprint density at radius 1 is 1.07 bits per heavy atom. The van der Waals surface area contributed by atoms with Crippen LogP contribution in [-0.4, -0.2) is 26.4 Å². The van der Waals surface area contributed by atoms with Gasteiger partial charge in [0, 0.05) is 22.7 Å². The second-order valence-electron chi connectivity index (χ2n) is 6.34. The highest BCUT2D eigenvalue weighted by Gasteiger charge is 2.14. The number of nitrogens with two attached hydrogens (primary N) is 1. The number of hydrogen-bond donors (Lipinski definition) is 4. The molecule has 5 N–H and O–H groups in total. The molecule has 2 heterocycles. The van der Waals surface area contributed by atoms with Gasteiger partial charge in [-0.25, -0.2) is 18.6 Å². The predicted molar refractivity (Wildman–Crippen MR) is 106 cm³/mol. The standard InChI is InChI=1S/C20H15F2N5O2/c21-18(22)11-3-1-10(2-4-11)14-7-13(8-15-17(14)26-27-19(15)23)12-5-6-24-16(9-12)25-20(28)29/h1-9,18H,(H,24,25)(H,28,29)(H3,23,26,27). The molecule has 0 aliphatic carbocycles. The van der Waals surface area contributed by atoms with E-state index >= 15 is 0 Å². The first-order valence-corrected chi connectivity index (χ1v) is 8.55. The van der Waals surface area contributed by atoms with Crippen molar-refractivity contribution in [1.29, 1.82) is 0 Å². The fraction of sp³-hybridized carbons (Fsp3) is 0.0500. The molecule has 0 fully saturated rings. The third kappa shape index (κ3) is 3.57. The molecule has 29 heavy (non-hydrogen) atoms. The van der Waals surface area contributed by atoms with E-state index in [2.05, 4.69) is 20.5 Å². The summed E-state index contributed by atoms with van der Waals surface area (Å²) < 4.78 is 25.8. The van der Waals surface area contributed by atoms with Crippen molar-refractivity contribution in [3.63, 3.8) is 0 Å². The molecule has 2 aromatic carbocycles. The number of H-pyrrole nitrogens is 1. The third-order valence-corrected chi connectivity index (χ3v) is 4.50. The second-order valence-corrected chi connectivity index (χ2v) is 6.34. The largest absolute Gasteiger partial charge is 0.465 e. The lowest BCUT2D eigenvalue weighted by atomic mass is 9.96. The Morgan fingerprint density at radius 2 is 1.83 bits per heavy atom. The molecule has 4 aromatic rings. The number of pyridine rings is 1. The van der Waals surface area contributed by atoms with Gasteiger partial charge in [0.05, 0.1) is 5.52 Å². The number of anilines is 2. The molecule has 9 heteroatoms. The van der Waals surface area contributed by atoms with Gasteiger partial charge in [-0.1, -0.05) is 24.3 Å². The zero-order valence-corrected chi connectivity index (χ0v) is 14.9. The first-order chi connectivity index (χ1) is 13.9. The number of nitrogens with one attached hydrogen (secondary N) is 2. The van der Waals surface area contributed by atoms with Crippen LogP contribution < -0.4 is 11.1 Å². The first kappa shape index (κ1) is 18.4. The van der Waals surface area contributed by atoms with Crippen molar-refractivity contribution in [3.8, 4) is 22.3 Å². The van der Waals surface area contributed by atoms with Crippen LogP contribution in [0.15, 0.2) is 54.7 Å². The SMILES string of the molecule is Nc1n[nH]c2c(-c3ccc(C(F)F)cc3)cc(-c3ccnc(NC(=O)O)c3)cc12. The quantitative estimate of drug-likeness (QED) is 0.392. The minimum atomic E-state index is -2.55. The number of halogens is 2. The number of benzene rings is 2. The number of nitrogens with zero attached hydrogens (tertiary/aromatic N) is 2. The lowest BCUT2D eigenvalue weighted by Gasteiger charge is -2.10. The van der Waals surface area contributed by atoms with Crippen LogP contribution in [0.2, 0.25) is 0 Å². The van der Waals surface area contributed by atoms with Crippen LogP contribution >= 0.6 is 0 Å². The Hall–Kier alpha value is -4.01. The zero-order chi connectivity index (χ0) is 20.5. The summed E-state index contributed by atoms with van der Waals surface area (Å²) >= 11 is 0. The number of aromatic nitrogens is 3. The van der Waals surface area contributed by atoms with E-state index in [1.807, 2.05) is 12.1 Å². The van der Waals surface area contributed by atoms with Crippen LogP contribution in [0.3, 0.4) is 0 Å². The van der Waals surface area contributed by atoms with Gasteiger partial charge in [-0.3, -0.25) is 10.4 Å². The number of aromatic amines is 1. The Kier molecular flexibility index (Phi) is 4.55. The summed E-state index contributed by atoms with van der Waals surface area (Å²) in [5.74, 6) is 0.475. The fourth-order valence-electron chi connectivity index (χ4n) is 3.13. The van der Waals surface area contributed by atoms with Crippen molar-refractivity contribution in [2.45, 2.75) is 6.43 Å². The monoisotopic (exact) mass is 395 g/mol. The van der Waals surface area contributed by atoms with Crippen LogP contribution in [-0.2, 0) is 0 Å². The molecule has 0 bridgehead atoms. The molecule has 146 valence electrons. The van der Waals surface area contributed by atoms with Crippen LogP contribution in [0.25, 0.3) is 33.2 Å². The maximum absolute atomic E-state index is 12.9. The average Bonchev–Trinajstić information content (AvgIpc) is 3.08. The summed E-state index contributed by atoms with van der Waals surface area (Å²) in [6.07, 6.45) is -2.28. The molecule has 1 amide bonds. The number of fused-ring (bicyclic) bond motifs is 1. The van der Waals surface area contributed by atoms with Crippen molar-refractivity contribution in [2.24, 2.45) is 0 Å². The van der Waals surface area contributed by atoms with Gasteiger partial charge in [-0.05, 0) is 41.0 Å². The summed E-state index contributed by atoms with van der Waals surface area (Å²) in [4.78, 5) is 14.9. The van der Waals surface area contributed by atoms with Crippen LogP contribution in [0, 0.1) is 0 Å². The summed E-state index contributed by atoms with van der Waals surface area (Å²) in [6, 6.07) is 13.0. The summed E-state index contributed by atoms with van der Waals surface area (Å²) in [6.45, 7) is 0. The number of amides is 1. The zero-order valence-electron chi connectivity index (χ0n) is 14.9. The van der Waals surface area contributed by atoms with E-state index < -0.39 is 12.5 Å². The Morgan fingerprint density at radius 3 is 2.52 bits per heavy atom. The molecular weight excluding hydrogens is 380 g/mol. The smallest absolute Gasteiger partial charge is 0.410 e. The highest BCUT2D eigenvalue weighted by atomic mass is 19.3. The molecule has 0 unspecified atom stereocenters. The lowest BCUT2D eigenvalue weighted by Crippen LogP contribution is -2.08. The molecule has 0 saturated heterocycles. The van der Waals surface area contributed by atoms with Gasteiger partial charge in [0.15, 0.2) is 5.82 Å². The highest BCUT2D eigenvalue weighted by molar-refractivity contribution is 6.02. The van der Waals surface area contributed by atoms with E-state index in [9.17, 15) is 13.6 Å². The van der Waals surface area contributed by atoms with E-state index in [-0.39, 0.29) is 11.4 Å². The molecule has 0 aliphatic heterocycles. The predicted octanol–water partition coefficient (Wildman–Crippen LogP) is 4.90. The van der Waals surface area contributed by atoms with E-state index in [4.69, 9.17) is 10.8 Å². The Labute approximate surface area is 163 Å². The van der Waals surface area contributed by atoms with Crippen molar-refractivity contribution in [3.05, 3.63) is 60.3 Å². The topological polar surface area (TPSA) is 117 Å². The van der Waals surface area contributed by atoms with Gasteiger partial charge < -0.3 is 10.8 Å². The normalized spacial score (nSPS) is 11.1.